The van der Waals surface area contributed by atoms with E-state index in [1.54, 1.807) is 12.4 Å². The molecule has 3 fully saturated rings. The Morgan fingerprint density at radius 2 is 2.05 bits per heavy atom. The van der Waals surface area contributed by atoms with Crippen LogP contribution in [0.15, 0.2) is 60.9 Å². The summed E-state index contributed by atoms with van der Waals surface area (Å²) in [5.41, 5.74) is 13.6. The Labute approximate surface area is 318 Å². The van der Waals surface area contributed by atoms with Crippen molar-refractivity contribution in [3.05, 3.63) is 89.1 Å². The normalized spacial score (nSPS) is 25.3. The summed E-state index contributed by atoms with van der Waals surface area (Å²) in [5.74, 6) is 1.41. The molecule has 13 nitrogen and oxygen atoms in total. The number of nitriles is 1. The SMILES string of the molecule is CC1NNC2C(F)CC(NC(=O)c3ccc4c(c3)nc(CN3CC=C(c5cccc(OCc6ccc(C#N)c7c6ncn7C)n5)CC3)n4C[C@@H]3CCO3)CC12. The lowest BCUT2D eigenvalue weighted by atomic mass is 9.78. The monoisotopic (exact) mass is 744 g/mol. The lowest BCUT2D eigenvalue weighted by molar-refractivity contribution is -0.0591. The highest BCUT2D eigenvalue weighted by Crippen LogP contribution is 2.33. The summed E-state index contributed by atoms with van der Waals surface area (Å²) in [6.45, 7) is 6.05. The molecule has 0 bridgehead atoms. The smallest absolute Gasteiger partial charge is 0.251 e. The molecule has 3 aliphatic heterocycles. The number of hydrogen-bond acceptors (Lipinski definition) is 10. The van der Waals surface area contributed by atoms with E-state index in [9.17, 15) is 14.4 Å². The highest BCUT2D eigenvalue weighted by molar-refractivity contribution is 5.97. The number of amides is 1. The summed E-state index contributed by atoms with van der Waals surface area (Å²) in [6, 6.07) is 17.2. The van der Waals surface area contributed by atoms with E-state index < -0.39 is 6.17 Å². The number of aryl methyl sites for hydroxylation is 1. The second kappa shape index (κ2) is 14.8. The number of rotatable bonds is 10. The van der Waals surface area contributed by atoms with Gasteiger partial charge >= 0.3 is 0 Å². The van der Waals surface area contributed by atoms with E-state index in [4.69, 9.17) is 19.4 Å². The standard InChI is InChI=1S/C41H45FN10O3/c1-24-31-17-29(18-32(42)39(31)49-48-24)45-41(53)26-8-9-35-34(16-26)46-36(52(35)20-30-12-15-54-30)21-51-13-10-25(11-14-51)33-4-3-5-37(47-33)55-22-28-7-6-27(19-43)40-38(28)44-23-50(40)2/h3-10,16,23-24,29-32,39,48-49H,11-15,17-18,20-22H2,1-2H3,(H,45,53)/t24?,29?,30-,31?,32?,39?/m0/s1. The minimum Gasteiger partial charge on any atom is -0.473 e. The van der Waals surface area contributed by atoms with E-state index >= 15 is 0 Å². The molecule has 3 N–H and O–H groups in total. The molecule has 0 radical (unpaired) electrons. The number of aromatic nitrogens is 5. The fraction of sp³-hybridized carbons (Fsp3) is 0.439. The number of hydrazine groups is 1. The Hall–Kier alpha value is -5.20. The summed E-state index contributed by atoms with van der Waals surface area (Å²) in [6.07, 6.45) is 5.93. The number of nitrogens with zero attached hydrogens (tertiary/aromatic N) is 7. The predicted octanol–water partition coefficient (Wildman–Crippen LogP) is 4.56. The average Bonchev–Trinajstić information content (AvgIpc) is 3.86. The number of hydrogen-bond donors (Lipinski definition) is 3. The fourth-order valence-corrected chi connectivity index (χ4v) is 8.61. The molecule has 5 aromatic rings. The van der Waals surface area contributed by atoms with Gasteiger partial charge in [-0.2, -0.15) is 5.26 Å². The summed E-state index contributed by atoms with van der Waals surface area (Å²) >= 11 is 0. The molecule has 14 heteroatoms. The molecule has 6 heterocycles. The molecule has 1 saturated carbocycles. The Morgan fingerprint density at radius 3 is 2.85 bits per heavy atom. The highest BCUT2D eigenvalue weighted by atomic mass is 19.1. The molecule has 0 spiro atoms. The number of halogens is 1. The third-order valence-corrected chi connectivity index (χ3v) is 11.8. The van der Waals surface area contributed by atoms with Gasteiger partial charge < -0.3 is 23.9 Å². The van der Waals surface area contributed by atoms with Crippen LogP contribution in [0.3, 0.4) is 0 Å². The third-order valence-electron chi connectivity index (χ3n) is 11.8. The Kier molecular flexibility index (Phi) is 9.55. The van der Waals surface area contributed by atoms with Crippen molar-refractivity contribution in [2.75, 3.05) is 19.7 Å². The molecule has 4 aliphatic rings. The van der Waals surface area contributed by atoms with Gasteiger partial charge in [0.05, 0.1) is 64.9 Å². The molecule has 1 amide bonds. The minimum absolute atomic E-state index is 0.130. The van der Waals surface area contributed by atoms with Crippen LogP contribution in [0, 0.1) is 17.2 Å². The summed E-state index contributed by atoms with van der Waals surface area (Å²) in [5, 5.41) is 12.6. The van der Waals surface area contributed by atoms with Gasteiger partial charge in [0.1, 0.15) is 24.7 Å². The van der Waals surface area contributed by atoms with Crippen LogP contribution in [0.5, 0.6) is 5.88 Å². The number of pyridine rings is 1. The lowest BCUT2D eigenvalue weighted by Gasteiger charge is -2.35. The van der Waals surface area contributed by atoms with Crippen LogP contribution in [0.25, 0.3) is 27.6 Å². The van der Waals surface area contributed by atoms with Crippen molar-refractivity contribution >= 4 is 33.5 Å². The lowest BCUT2D eigenvalue weighted by Crippen LogP contribution is -2.50. The van der Waals surface area contributed by atoms with Gasteiger partial charge in [-0.15, -0.1) is 0 Å². The van der Waals surface area contributed by atoms with Crippen LogP contribution >= 0.6 is 0 Å². The topological polar surface area (TPSA) is 147 Å². The minimum atomic E-state index is -1.02. The average molecular weight is 745 g/mol. The van der Waals surface area contributed by atoms with Crippen LogP contribution in [0.1, 0.15) is 65.6 Å². The molecule has 1 aliphatic carbocycles. The van der Waals surface area contributed by atoms with E-state index in [1.165, 1.54) is 5.57 Å². The van der Waals surface area contributed by atoms with Crippen LogP contribution in [0.4, 0.5) is 4.39 Å². The first-order valence-electron chi connectivity index (χ1n) is 19.2. The van der Waals surface area contributed by atoms with Gasteiger partial charge in [0.15, 0.2) is 0 Å². The first-order chi connectivity index (χ1) is 26.8. The first kappa shape index (κ1) is 35.5. The van der Waals surface area contributed by atoms with Crippen molar-refractivity contribution in [1.82, 2.24) is 45.2 Å². The third kappa shape index (κ3) is 6.97. The van der Waals surface area contributed by atoms with E-state index in [2.05, 4.69) is 49.7 Å². The number of carbonyl (C=O) groups excluding carboxylic acids is 1. The maximum atomic E-state index is 15.0. The number of fused-ring (bicyclic) bond motifs is 3. The van der Waals surface area contributed by atoms with Crippen molar-refractivity contribution in [1.29, 1.82) is 5.26 Å². The van der Waals surface area contributed by atoms with Crippen molar-refractivity contribution in [3.8, 4) is 11.9 Å². The van der Waals surface area contributed by atoms with Crippen LogP contribution in [0.2, 0.25) is 0 Å². The number of alkyl halides is 1. The highest BCUT2D eigenvalue weighted by Gasteiger charge is 2.44. The molecule has 5 unspecified atom stereocenters. The summed E-state index contributed by atoms with van der Waals surface area (Å²) in [4.78, 5) is 30.2. The van der Waals surface area contributed by atoms with Gasteiger partial charge in [0.25, 0.3) is 5.91 Å². The molecule has 9 rings (SSSR count). The van der Waals surface area contributed by atoms with E-state index in [-0.39, 0.29) is 42.7 Å². The Balaban J connectivity index is 0.872. The molecular weight excluding hydrogens is 700 g/mol. The molecule has 284 valence electrons. The zero-order valence-electron chi connectivity index (χ0n) is 31.0. The van der Waals surface area contributed by atoms with Crippen LogP contribution < -0.4 is 20.9 Å². The summed E-state index contributed by atoms with van der Waals surface area (Å²) < 4.78 is 31.0. The van der Waals surface area contributed by atoms with E-state index in [1.807, 2.05) is 54.1 Å². The van der Waals surface area contributed by atoms with Gasteiger partial charge in [0, 0.05) is 62.4 Å². The fourth-order valence-electron chi connectivity index (χ4n) is 8.61. The quantitative estimate of drug-likeness (QED) is 0.186. The van der Waals surface area contributed by atoms with Crippen LogP contribution in [-0.4, -0.2) is 85.0 Å². The molecular formula is C41H45FN10O3. The molecule has 3 aromatic heterocycles. The van der Waals surface area contributed by atoms with Crippen LogP contribution in [-0.2, 0) is 31.5 Å². The van der Waals surface area contributed by atoms with E-state index in [0.717, 1.165) is 78.1 Å². The van der Waals surface area contributed by atoms with Crippen molar-refractivity contribution in [3.63, 3.8) is 0 Å². The molecule has 55 heavy (non-hydrogen) atoms. The number of imidazole rings is 2. The number of carbonyl (C=O) groups is 1. The number of benzene rings is 2. The number of nitrogens with one attached hydrogen (secondary N) is 3. The zero-order valence-corrected chi connectivity index (χ0v) is 31.0. The molecule has 2 aromatic carbocycles. The van der Waals surface area contributed by atoms with Crippen molar-refractivity contribution < 1.29 is 18.7 Å². The maximum Gasteiger partial charge on any atom is 0.251 e. The van der Waals surface area contributed by atoms with Gasteiger partial charge in [-0.3, -0.25) is 20.5 Å². The zero-order chi connectivity index (χ0) is 37.6. The molecule has 6 atom stereocenters. The van der Waals surface area contributed by atoms with Crippen molar-refractivity contribution in [2.45, 2.75) is 82.7 Å². The van der Waals surface area contributed by atoms with E-state index in [0.29, 0.717) is 36.5 Å². The Morgan fingerprint density at radius 1 is 1.16 bits per heavy atom. The van der Waals surface area contributed by atoms with Gasteiger partial charge in [0.2, 0.25) is 5.88 Å². The Bertz CT molecular complexity index is 2330. The second-order valence-corrected chi connectivity index (χ2v) is 15.3. The molecule has 2 saturated heterocycles. The van der Waals surface area contributed by atoms with Gasteiger partial charge in [-0.1, -0.05) is 18.2 Å². The first-order valence-corrected chi connectivity index (χ1v) is 19.2. The van der Waals surface area contributed by atoms with Gasteiger partial charge in [-0.25, -0.2) is 19.3 Å². The second-order valence-electron chi connectivity index (χ2n) is 15.3. The number of ether oxygens (including phenoxy) is 2. The predicted molar refractivity (Wildman–Crippen MR) is 204 cm³/mol. The largest absolute Gasteiger partial charge is 0.473 e. The van der Waals surface area contributed by atoms with Gasteiger partial charge in [-0.05, 0) is 68.0 Å². The van der Waals surface area contributed by atoms with Crippen molar-refractivity contribution in [2.24, 2.45) is 13.0 Å². The summed E-state index contributed by atoms with van der Waals surface area (Å²) in [7, 11) is 1.88. The maximum absolute atomic E-state index is 15.0.